The normalized spacial score (nSPS) is 28.3. The Hall–Kier alpha value is -1.64. The number of fused-ring (bicyclic) bond motifs is 2. The number of hydrogen-bond donors (Lipinski definition) is 1. The predicted octanol–water partition coefficient (Wildman–Crippen LogP) is 3.64. The molecule has 1 N–H and O–H groups in total. The molecule has 0 radical (unpaired) electrons. The fourth-order valence-corrected chi connectivity index (χ4v) is 3.88. The lowest BCUT2D eigenvalue weighted by Gasteiger charge is -2.37. The second-order valence-corrected chi connectivity index (χ2v) is 6.70. The Balaban J connectivity index is 1.70. The molecule has 1 aromatic carbocycles. The molecule has 2 aliphatic carbocycles. The fourth-order valence-electron chi connectivity index (χ4n) is 3.88. The minimum Gasteiger partial charge on any atom is -0.326 e. The van der Waals surface area contributed by atoms with E-state index in [-0.39, 0.29) is 23.7 Å². The smallest absolute Gasteiger partial charge is 0.227 e. The average molecular weight is 285 g/mol. The van der Waals surface area contributed by atoms with Crippen LogP contribution in [0, 0.1) is 31.6 Å². The summed E-state index contributed by atoms with van der Waals surface area (Å²) in [6.45, 7) is 4.06. The van der Waals surface area contributed by atoms with E-state index in [1.807, 2.05) is 26.0 Å². The number of anilines is 1. The third kappa shape index (κ3) is 2.87. The zero-order chi connectivity index (χ0) is 15.0. The van der Waals surface area contributed by atoms with Crippen molar-refractivity contribution in [3.63, 3.8) is 0 Å². The molecule has 2 fully saturated rings. The van der Waals surface area contributed by atoms with Gasteiger partial charge in [0.15, 0.2) is 0 Å². The van der Waals surface area contributed by atoms with E-state index >= 15 is 0 Å². The van der Waals surface area contributed by atoms with Crippen molar-refractivity contribution < 1.29 is 9.59 Å². The van der Waals surface area contributed by atoms with Crippen LogP contribution in [0.3, 0.4) is 0 Å². The van der Waals surface area contributed by atoms with Crippen LogP contribution in [0.1, 0.15) is 43.2 Å². The molecule has 3 rings (SSSR count). The number of carbonyl (C=O) groups excluding carboxylic acids is 2. The topological polar surface area (TPSA) is 46.2 Å². The number of carbonyl (C=O) groups is 2. The number of hydrogen-bond acceptors (Lipinski definition) is 2. The van der Waals surface area contributed by atoms with E-state index in [9.17, 15) is 9.59 Å². The summed E-state index contributed by atoms with van der Waals surface area (Å²) in [5, 5.41) is 3.06. The van der Waals surface area contributed by atoms with Gasteiger partial charge in [0.25, 0.3) is 0 Å². The summed E-state index contributed by atoms with van der Waals surface area (Å²) >= 11 is 0. The molecule has 112 valence electrons. The molecule has 0 saturated heterocycles. The Morgan fingerprint density at radius 1 is 1.14 bits per heavy atom. The van der Waals surface area contributed by atoms with E-state index in [1.165, 1.54) is 5.56 Å². The van der Waals surface area contributed by atoms with Crippen LogP contribution in [0.2, 0.25) is 0 Å². The van der Waals surface area contributed by atoms with E-state index in [0.29, 0.717) is 5.78 Å². The van der Waals surface area contributed by atoms with Crippen molar-refractivity contribution in [2.24, 2.45) is 17.8 Å². The van der Waals surface area contributed by atoms with Gasteiger partial charge in [-0.1, -0.05) is 24.1 Å². The average Bonchev–Trinajstić information content (AvgIpc) is 2.41. The fraction of sp³-hybridized carbons (Fsp3) is 0.556. The van der Waals surface area contributed by atoms with Gasteiger partial charge in [-0.05, 0) is 51.2 Å². The summed E-state index contributed by atoms with van der Waals surface area (Å²) < 4.78 is 0. The Labute approximate surface area is 126 Å². The highest BCUT2D eigenvalue weighted by Crippen LogP contribution is 2.40. The van der Waals surface area contributed by atoms with Gasteiger partial charge in [-0.2, -0.15) is 0 Å². The van der Waals surface area contributed by atoms with Gasteiger partial charge >= 0.3 is 0 Å². The van der Waals surface area contributed by atoms with Crippen LogP contribution in [0.4, 0.5) is 5.69 Å². The van der Waals surface area contributed by atoms with Crippen LogP contribution in [0.5, 0.6) is 0 Å². The Morgan fingerprint density at radius 3 is 2.43 bits per heavy atom. The predicted molar refractivity (Wildman–Crippen MR) is 83.1 cm³/mol. The lowest BCUT2D eigenvalue weighted by Crippen LogP contribution is -2.40. The molecule has 0 aromatic heterocycles. The van der Waals surface area contributed by atoms with Gasteiger partial charge in [-0.15, -0.1) is 0 Å². The second-order valence-electron chi connectivity index (χ2n) is 6.70. The summed E-state index contributed by atoms with van der Waals surface area (Å²) in [7, 11) is 0. The highest BCUT2D eigenvalue weighted by atomic mass is 16.2. The van der Waals surface area contributed by atoms with Gasteiger partial charge in [-0.3, -0.25) is 9.59 Å². The van der Waals surface area contributed by atoms with Crippen LogP contribution in [-0.4, -0.2) is 11.7 Å². The summed E-state index contributed by atoms with van der Waals surface area (Å²) in [5.74, 6) is 0.765. The first-order valence-corrected chi connectivity index (χ1v) is 7.96. The highest BCUT2D eigenvalue weighted by Gasteiger charge is 2.41. The molecule has 3 nitrogen and oxygen atoms in total. The Kier molecular flexibility index (Phi) is 3.83. The lowest BCUT2D eigenvalue weighted by atomic mass is 9.67. The van der Waals surface area contributed by atoms with Gasteiger partial charge in [0, 0.05) is 23.4 Å². The number of ketones is 1. The zero-order valence-electron chi connectivity index (χ0n) is 12.8. The lowest BCUT2D eigenvalue weighted by molar-refractivity contribution is -0.136. The number of rotatable bonds is 2. The molecule has 0 heterocycles. The van der Waals surface area contributed by atoms with E-state index in [0.717, 1.165) is 43.4 Å². The third-order valence-corrected chi connectivity index (χ3v) is 5.06. The molecule has 2 saturated carbocycles. The maximum atomic E-state index is 12.5. The van der Waals surface area contributed by atoms with Crippen molar-refractivity contribution in [1.29, 1.82) is 0 Å². The monoisotopic (exact) mass is 285 g/mol. The summed E-state index contributed by atoms with van der Waals surface area (Å²) in [4.78, 5) is 24.6. The van der Waals surface area contributed by atoms with Crippen LogP contribution in [-0.2, 0) is 9.59 Å². The molecular weight excluding hydrogens is 262 g/mol. The van der Waals surface area contributed by atoms with E-state index in [2.05, 4.69) is 11.4 Å². The summed E-state index contributed by atoms with van der Waals surface area (Å²) in [5.41, 5.74) is 3.19. The van der Waals surface area contributed by atoms with Crippen molar-refractivity contribution in [2.75, 3.05) is 5.32 Å². The molecule has 0 spiro atoms. The minimum absolute atomic E-state index is 0.00120. The molecule has 2 aliphatic rings. The maximum Gasteiger partial charge on any atom is 0.227 e. The molecule has 3 heteroatoms. The van der Waals surface area contributed by atoms with Gasteiger partial charge in [-0.25, -0.2) is 0 Å². The van der Waals surface area contributed by atoms with Crippen molar-refractivity contribution >= 4 is 17.4 Å². The zero-order valence-corrected chi connectivity index (χ0v) is 12.8. The largest absolute Gasteiger partial charge is 0.326 e. The van der Waals surface area contributed by atoms with E-state index in [4.69, 9.17) is 0 Å². The molecular formula is C18H23NO2. The summed E-state index contributed by atoms with van der Waals surface area (Å²) in [6, 6.07) is 6.06. The van der Waals surface area contributed by atoms with Crippen molar-refractivity contribution in [3.05, 3.63) is 29.3 Å². The van der Waals surface area contributed by atoms with E-state index in [1.54, 1.807) is 0 Å². The molecule has 21 heavy (non-hydrogen) atoms. The first-order valence-electron chi connectivity index (χ1n) is 7.96. The minimum atomic E-state index is -0.00120. The quantitative estimate of drug-likeness (QED) is 0.901. The van der Waals surface area contributed by atoms with Gasteiger partial charge in [0.2, 0.25) is 5.91 Å². The maximum absolute atomic E-state index is 12.5. The number of amides is 1. The standard InChI is InChI=1S/C18H23NO2/c1-11-6-7-16(12(2)8-11)19-18(21)15-9-13-4-3-5-14(10-15)17(13)20/h6-8,13-15H,3-5,9-10H2,1-2H3,(H,19,21)/t13-,14-/m0/s1. The first kappa shape index (κ1) is 14.3. The molecule has 1 amide bonds. The van der Waals surface area contributed by atoms with Gasteiger partial charge in [0.05, 0.1) is 0 Å². The van der Waals surface area contributed by atoms with Crippen LogP contribution in [0.25, 0.3) is 0 Å². The molecule has 2 atom stereocenters. The SMILES string of the molecule is Cc1ccc(NC(=O)C2C[C@@H]3CCC[C@@H](C2)C3=O)c(C)c1. The Morgan fingerprint density at radius 2 is 1.81 bits per heavy atom. The Bertz CT molecular complexity index is 563. The third-order valence-electron chi connectivity index (χ3n) is 5.06. The van der Waals surface area contributed by atoms with Crippen LogP contribution < -0.4 is 5.32 Å². The van der Waals surface area contributed by atoms with Crippen molar-refractivity contribution in [1.82, 2.24) is 0 Å². The van der Waals surface area contributed by atoms with Gasteiger partial charge < -0.3 is 5.32 Å². The molecule has 1 aromatic rings. The van der Waals surface area contributed by atoms with Crippen molar-refractivity contribution in [2.45, 2.75) is 46.0 Å². The highest BCUT2D eigenvalue weighted by molar-refractivity contribution is 5.95. The summed E-state index contributed by atoms with van der Waals surface area (Å²) in [6.07, 6.45) is 4.58. The number of aryl methyl sites for hydroxylation is 2. The number of nitrogens with one attached hydrogen (secondary N) is 1. The number of benzene rings is 1. The van der Waals surface area contributed by atoms with Gasteiger partial charge in [0.1, 0.15) is 5.78 Å². The molecule has 2 bridgehead atoms. The molecule has 0 unspecified atom stereocenters. The van der Waals surface area contributed by atoms with Crippen LogP contribution in [0.15, 0.2) is 18.2 Å². The van der Waals surface area contributed by atoms with E-state index < -0.39 is 0 Å². The van der Waals surface area contributed by atoms with Crippen LogP contribution >= 0.6 is 0 Å². The molecule has 0 aliphatic heterocycles. The van der Waals surface area contributed by atoms with Crippen molar-refractivity contribution in [3.8, 4) is 0 Å². The first-order chi connectivity index (χ1) is 10.0. The second kappa shape index (κ2) is 5.63. The number of Topliss-reactive ketones (excluding diaryl/α,β-unsaturated/α-hetero) is 1.